The first kappa shape index (κ1) is 10.2. The highest BCUT2D eigenvalue weighted by Gasteiger charge is 2.30. The van der Waals surface area contributed by atoms with Crippen LogP contribution in [0.4, 0.5) is 0 Å². The molecule has 1 aromatic heterocycles. The highest BCUT2D eigenvalue weighted by Crippen LogP contribution is 2.39. The van der Waals surface area contributed by atoms with Gasteiger partial charge in [0.15, 0.2) is 5.78 Å². The Morgan fingerprint density at radius 2 is 2.33 bits per heavy atom. The Morgan fingerprint density at radius 1 is 1.67 bits per heavy atom. The highest BCUT2D eigenvalue weighted by molar-refractivity contribution is 9.10. The molecule has 2 rings (SSSR count). The molecule has 0 bridgehead atoms. The Bertz CT molecular complexity index is 325. The van der Waals surface area contributed by atoms with Gasteiger partial charge in [0, 0.05) is 32.8 Å². The van der Waals surface area contributed by atoms with Crippen molar-refractivity contribution < 1.29 is 4.79 Å². The van der Waals surface area contributed by atoms with E-state index in [1.807, 2.05) is 5.38 Å². The summed E-state index contributed by atoms with van der Waals surface area (Å²) in [6.07, 6.45) is 0.473. The van der Waals surface area contributed by atoms with Crippen LogP contribution in [0.5, 0.6) is 0 Å². The van der Waals surface area contributed by atoms with Crippen molar-refractivity contribution in [2.75, 3.05) is 0 Å². The lowest BCUT2D eigenvalue weighted by Crippen LogP contribution is -2.04. The second kappa shape index (κ2) is 3.46. The molecule has 1 aliphatic carbocycles. The summed E-state index contributed by atoms with van der Waals surface area (Å²) >= 11 is 4.88. The molecule has 0 radical (unpaired) electrons. The van der Waals surface area contributed by atoms with Crippen molar-refractivity contribution in [3.8, 4) is 0 Å². The third-order valence-corrected chi connectivity index (χ3v) is 3.84. The van der Waals surface area contributed by atoms with Gasteiger partial charge in [-0.05, 0) is 15.9 Å². The number of carbonyl (C=O) groups excluding carboxylic acids is 1. The third kappa shape index (κ3) is 1.33. The van der Waals surface area contributed by atoms with Crippen LogP contribution in [0.15, 0.2) is 9.85 Å². The minimum atomic E-state index is -0.0613. The van der Waals surface area contributed by atoms with Crippen LogP contribution >= 0.6 is 39.7 Å². The number of Topliss-reactive ketones (excluding diaryl/α,β-unsaturated/α-hetero) is 1. The summed E-state index contributed by atoms with van der Waals surface area (Å²) in [5.41, 5.74) is 6.53. The second-order valence-corrected chi connectivity index (χ2v) is 4.32. The van der Waals surface area contributed by atoms with Gasteiger partial charge in [0.1, 0.15) is 0 Å². The van der Waals surface area contributed by atoms with Crippen molar-refractivity contribution in [1.29, 1.82) is 0 Å². The van der Waals surface area contributed by atoms with Gasteiger partial charge >= 0.3 is 0 Å². The zero-order chi connectivity index (χ0) is 8.01. The molecule has 2 nitrogen and oxygen atoms in total. The molecule has 1 atom stereocenters. The van der Waals surface area contributed by atoms with Gasteiger partial charge in [0.05, 0.1) is 0 Å². The first-order valence-electron chi connectivity index (χ1n) is 3.26. The number of carbonyl (C=O) groups is 1. The maximum atomic E-state index is 11.3. The number of ketones is 1. The van der Waals surface area contributed by atoms with Crippen molar-refractivity contribution in [2.24, 2.45) is 5.73 Å². The number of hydrogen-bond donors (Lipinski definition) is 1. The molecule has 1 aromatic rings. The highest BCUT2D eigenvalue weighted by atomic mass is 79.9. The minimum absolute atomic E-state index is 0. The zero-order valence-corrected chi connectivity index (χ0v) is 9.26. The smallest absolute Gasteiger partial charge is 0.167 e. The number of rotatable bonds is 0. The minimum Gasteiger partial charge on any atom is -0.323 e. The Balaban J connectivity index is 0.000000720. The molecule has 0 saturated carbocycles. The van der Waals surface area contributed by atoms with E-state index < -0.39 is 0 Å². The molecular formula is C7H7BrClNOS. The van der Waals surface area contributed by atoms with Gasteiger partial charge in [-0.1, -0.05) is 0 Å². The normalized spacial score (nSPS) is 20.5. The lowest BCUT2D eigenvalue weighted by molar-refractivity contribution is 0.0989. The third-order valence-electron chi connectivity index (χ3n) is 1.80. The Kier molecular flexibility index (Phi) is 2.93. The van der Waals surface area contributed by atoms with Crippen LogP contribution in [0.2, 0.25) is 0 Å². The van der Waals surface area contributed by atoms with Crippen LogP contribution in [0.3, 0.4) is 0 Å². The number of fused-ring (bicyclic) bond motifs is 1. The van der Waals surface area contributed by atoms with E-state index in [0.717, 1.165) is 14.9 Å². The van der Waals surface area contributed by atoms with Crippen molar-refractivity contribution >= 4 is 45.5 Å². The van der Waals surface area contributed by atoms with E-state index in [0.29, 0.717) is 6.42 Å². The lowest BCUT2D eigenvalue weighted by atomic mass is 10.2. The van der Waals surface area contributed by atoms with Crippen LogP contribution in [0.1, 0.15) is 27.7 Å². The van der Waals surface area contributed by atoms with E-state index in [4.69, 9.17) is 5.73 Å². The Hall–Kier alpha value is 0.1000. The van der Waals surface area contributed by atoms with Gasteiger partial charge in [-0.3, -0.25) is 4.79 Å². The molecule has 2 N–H and O–H groups in total. The molecule has 1 unspecified atom stereocenters. The maximum Gasteiger partial charge on any atom is 0.167 e. The molecule has 0 aromatic carbocycles. The fourth-order valence-corrected chi connectivity index (χ4v) is 3.08. The number of nitrogens with two attached hydrogens (primary N) is 1. The van der Waals surface area contributed by atoms with Crippen molar-refractivity contribution in [3.05, 3.63) is 20.3 Å². The quantitative estimate of drug-likeness (QED) is 0.786. The molecule has 5 heteroatoms. The topological polar surface area (TPSA) is 43.1 Å². The van der Waals surface area contributed by atoms with E-state index in [1.165, 1.54) is 0 Å². The van der Waals surface area contributed by atoms with Gasteiger partial charge in [0.2, 0.25) is 0 Å². The molecule has 1 aliphatic rings. The molecule has 66 valence electrons. The van der Waals surface area contributed by atoms with E-state index in [1.54, 1.807) is 11.3 Å². The molecule has 0 aliphatic heterocycles. The van der Waals surface area contributed by atoms with Crippen molar-refractivity contribution in [1.82, 2.24) is 0 Å². The summed E-state index contributed by atoms with van der Waals surface area (Å²) in [5.74, 6) is 0.167. The summed E-state index contributed by atoms with van der Waals surface area (Å²) in [5, 5.41) is 1.92. The summed E-state index contributed by atoms with van der Waals surface area (Å²) in [4.78, 5) is 12.3. The van der Waals surface area contributed by atoms with Gasteiger partial charge in [0.25, 0.3) is 0 Å². The van der Waals surface area contributed by atoms with Crippen LogP contribution in [0, 0.1) is 0 Å². The summed E-state index contributed by atoms with van der Waals surface area (Å²) in [6.45, 7) is 0. The average molecular weight is 269 g/mol. The fraction of sp³-hybridized carbons (Fsp3) is 0.286. The van der Waals surface area contributed by atoms with Crippen LogP contribution < -0.4 is 5.73 Å². The molecule has 0 amide bonds. The number of hydrogen-bond acceptors (Lipinski definition) is 3. The van der Waals surface area contributed by atoms with E-state index in [9.17, 15) is 4.79 Å². The van der Waals surface area contributed by atoms with Gasteiger partial charge in [-0.2, -0.15) is 0 Å². The Morgan fingerprint density at radius 3 is 2.92 bits per heavy atom. The lowest BCUT2D eigenvalue weighted by Gasteiger charge is -1.95. The van der Waals surface area contributed by atoms with E-state index in [2.05, 4.69) is 15.9 Å². The SMILES string of the molecule is Cl.NC1CC(=O)c2c(Br)csc21. The van der Waals surface area contributed by atoms with Crippen LogP contribution in [-0.4, -0.2) is 5.78 Å². The van der Waals surface area contributed by atoms with E-state index in [-0.39, 0.29) is 24.2 Å². The molecule has 1 heterocycles. The number of thiophene rings is 1. The predicted molar refractivity (Wildman–Crippen MR) is 55.1 cm³/mol. The average Bonchev–Trinajstić information content (AvgIpc) is 2.41. The van der Waals surface area contributed by atoms with Crippen molar-refractivity contribution in [2.45, 2.75) is 12.5 Å². The second-order valence-electron chi connectivity index (χ2n) is 2.56. The first-order chi connectivity index (χ1) is 5.20. The fourth-order valence-electron chi connectivity index (χ4n) is 1.29. The monoisotopic (exact) mass is 267 g/mol. The largest absolute Gasteiger partial charge is 0.323 e. The molecule has 0 saturated heterocycles. The molecule has 0 spiro atoms. The molecule has 0 fully saturated rings. The van der Waals surface area contributed by atoms with Crippen LogP contribution in [-0.2, 0) is 0 Å². The zero-order valence-electron chi connectivity index (χ0n) is 6.04. The summed E-state index contributed by atoms with van der Waals surface area (Å²) in [6, 6.07) is -0.0613. The van der Waals surface area contributed by atoms with Crippen molar-refractivity contribution in [3.63, 3.8) is 0 Å². The van der Waals surface area contributed by atoms with E-state index >= 15 is 0 Å². The standard InChI is InChI=1S/C7H6BrNOS.ClH/c8-3-2-11-7-4(9)1-5(10)6(3)7;/h2,4H,1,9H2;1H. The summed E-state index contributed by atoms with van der Waals surface area (Å²) in [7, 11) is 0. The first-order valence-corrected chi connectivity index (χ1v) is 4.93. The molecular weight excluding hydrogens is 262 g/mol. The Labute approximate surface area is 88.7 Å². The van der Waals surface area contributed by atoms with Gasteiger partial charge < -0.3 is 5.73 Å². The number of halogens is 2. The van der Waals surface area contributed by atoms with Gasteiger partial charge in [-0.15, -0.1) is 23.7 Å². The maximum absolute atomic E-state index is 11.3. The summed E-state index contributed by atoms with van der Waals surface area (Å²) < 4.78 is 0.899. The molecule has 12 heavy (non-hydrogen) atoms. The predicted octanol–water partition coefficient (Wildman–Crippen LogP) is 2.52. The van der Waals surface area contributed by atoms with Crippen LogP contribution in [0.25, 0.3) is 0 Å². The van der Waals surface area contributed by atoms with Gasteiger partial charge in [-0.25, -0.2) is 0 Å².